The minimum atomic E-state index is -0.251. The minimum Gasteiger partial charge on any atom is -0.329 e. The van der Waals surface area contributed by atoms with Gasteiger partial charge in [-0.15, -0.1) is 0 Å². The summed E-state index contributed by atoms with van der Waals surface area (Å²) in [5.74, 6) is -0.466. The van der Waals surface area contributed by atoms with Crippen molar-refractivity contribution in [2.75, 3.05) is 0 Å². The van der Waals surface area contributed by atoms with Gasteiger partial charge in [0.1, 0.15) is 0 Å². The van der Waals surface area contributed by atoms with Crippen molar-refractivity contribution in [2.45, 2.75) is 53.4 Å². The summed E-state index contributed by atoms with van der Waals surface area (Å²) in [5.41, 5.74) is 1.31. The lowest BCUT2D eigenvalue weighted by Crippen LogP contribution is -2.38. The van der Waals surface area contributed by atoms with Gasteiger partial charge in [-0.25, -0.2) is 0 Å². The van der Waals surface area contributed by atoms with Crippen molar-refractivity contribution in [1.82, 2.24) is 10.3 Å². The summed E-state index contributed by atoms with van der Waals surface area (Å²) in [6.07, 6.45) is 3.68. The summed E-state index contributed by atoms with van der Waals surface area (Å²) in [6, 6.07) is 3.71. The van der Waals surface area contributed by atoms with E-state index in [0.717, 1.165) is 5.56 Å². The molecule has 2 heterocycles. The smallest absolute Gasteiger partial charge is 0.253 e. The predicted molar refractivity (Wildman–Crippen MR) is 91.1 cm³/mol. The Morgan fingerprint density at radius 3 is 1.96 bits per heavy atom. The lowest BCUT2D eigenvalue weighted by atomic mass is 9.84. The first-order valence-corrected chi connectivity index (χ1v) is 7.66. The van der Waals surface area contributed by atoms with Gasteiger partial charge in [-0.1, -0.05) is 53.7 Å². The second kappa shape index (κ2) is 6.94. The van der Waals surface area contributed by atoms with Crippen LogP contribution in [0.1, 0.15) is 53.5 Å². The van der Waals surface area contributed by atoms with Gasteiger partial charge in [0, 0.05) is 23.8 Å². The number of rotatable bonds is 0. The van der Waals surface area contributed by atoms with Crippen LogP contribution in [0.15, 0.2) is 34.8 Å². The van der Waals surface area contributed by atoms with Gasteiger partial charge in [0.25, 0.3) is 11.5 Å². The fourth-order valence-electron chi connectivity index (χ4n) is 2.19. The summed E-state index contributed by atoms with van der Waals surface area (Å²) in [6.45, 7) is 11.9. The van der Waals surface area contributed by atoms with Crippen molar-refractivity contribution in [3.63, 3.8) is 0 Å². The van der Waals surface area contributed by atoms with Gasteiger partial charge in [0.2, 0.25) is 5.91 Å². The molecule has 1 aromatic heterocycles. The van der Waals surface area contributed by atoms with Crippen molar-refractivity contribution in [2.24, 2.45) is 5.41 Å². The molecule has 0 spiro atoms. The molecule has 2 amide bonds. The van der Waals surface area contributed by atoms with Crippen LogP contribution >= 0.6 is 0 Å². The van der Waals surface area contributed by atoms with Crippen molar-refractivity contribution < 1.29 is 9.59 Å². The number of hydrogen-bond donors (Lipinski definition) is 2. The molecular weight excluding hydrogens is 292 g/mol. The molecule has 0 fully saturated rings. The van der Waals surface area contributed by atoms with E-state index in [1.165, 1.54) is 0 Å². The first-order chi connectivity index (χ1) is 10.4. The predicted octanol–water partition coefficient (Wildman–Crippen LogP) is 2.68. The highest BCUT2D eigenvalue weighted by atomic mass is 16.2. The number of carbonyl (C=O) groups is 2. The number of amides is 2. The third-order valence-electron chi connectivity index (χ3n) is 3.42. The van der Waals surface area contributed by atoms with Crippen molar-refractivity contribution in [3.05, 3.63) is 45.9 Å². The molecule has 0 bridgehead atoms. The zero-order valence-corrected chi connectivity index (χ0v) is 14.7. The number of pyridine rings is 1. The Hall–Kier alpha value is -2.17. The molecule has 1 aliphatic rings. The van der Waals surface area contributed by atoms with Gasteiger partial charge in [-0.3, -0.25) is 19.7 Å². The Morgan fingerprint density at radius 2 is 1.57 bits per heavy atom. The highest BCUT2D eigenvalue weighted by Crippen LogP contribution is 2.27. The van der Waals surface area contributed by atoms with Crippen LogP contribution in [0.3, 0.4) is 0 Å². The normalized spacial score (nSPS) is 15.3. The largest absolute Gasteiger partial charge is 0.329 e. The topological polar surface area (TPSA) is 79.0 Å². The Balaban J connectivity index is 0.000000231. The van der Waals surface area contributed by atoms with Gasteiger partial charge >= 0.3 is 0 Å². The van der Waals surface area contributed by atoms with E-state index < -0.39 is 0 Å². The maximum absolute atomic E-state index is 11.3. The van der Waals surface area contributed by atoms with Gasteiger partial charge in [-0.2, -0.15) is 0 Å². The fourth-order valence-corrected chi connectivity index (χ4v) is 2.19. The van der Waals surface area contributed by atoms with Gasteiger partial charge in [0.15, 0.2) is 0 Å². The van der Waals surface area contributed by atoms with Gasteiger partial charge in [0.05, 0.1) is 0 Å². The van der Waals surface area contributed by atoms with E-state index >= 15 is 0 Å². The quantitative estimate of drug-likeness (QED) is 0.722. The Kier molecular flexibility index (Phi) is 5.70. The molecule has 0 saturated heterocycles. The third-order valence-corrected chi connectivity index (χ3v) is 3.42. The molecule has 5 heteroatoms. The molecule has 0 aliphatic carbocycles. The van der Waals surface area contributed by atoms with Crippen LogP contribution < -0.4 is 10.9 Å². The van der Waals surface area contributed by atoms with Crippen LogP contribution in [0, 0.1) is 5.41 Å². The number of H-pyrrole nitrogens is 1. The molecule has 0 atom stereocenters. The Bertz CT molecular complexity index is 670. The molecule has 0 radical (unpaired) electrons. The lowest BCUT2D eigenvalue weighted by Gasteiger charge is -2.24. The number of aromatic amines is 1. The SMILES string of the molecule is CC(C)(C)C1=CCC(=O)NC1=O.CC(C)(C)c1ccc[nH]c1=O. The molecule has 0 unspecified atom stereocenters. The van der Waals surface area contributed by atoms with Gasteiger partial charge in [-0.05, 0) is 16.9 Å². The molecule has 2 N–H and O–H groups in total. The van der Waals surface area contributed by atoms with E-state index in [1.807, 2.05) is 53.7 Å². The van der Waals surface area contributed by atoms with Crippen LogP contribution in [0.2, 0.25) is 0 Å². The van der Waals surface area contributed by atoms with E-state index in [0.29, 0.717) is 12.0 Å². The number of imide groups is 1. The fraction of sp³-hybridized carbons (Fsp3) is 0.500. The van der Waals surface area contributed by atoms with E-state index in [1.54, 1.807) is 12.3 Å². The van der Waals surface area contributed by atoms with E-state index in [2.05, 4.69) is 10.3 Å². The molecule has 1 aliphatic heterocycles. The third kappa shape index (κ3) is 5.51. The standard InChI is InChI=1S/C9H13NO2.C9H13NO/c1-9(2,3)6-4-5-7(11)10-8(6)12;1-9(2,3)7-5-4-6-10-8(7)11/h4H,5H2,1-3H3,(H,10,11,12);4-6H,1-3H3,(H,10,11). The first kappa shape index (κ1) is 18.9. The molecule has 126 valence electrons. The summed E-state index contributed by atoms with van der Waals surface area (Å²) >= 11 is 0. The summed E-state index contributed by atoms with van der Waals surface area (Å²) in [5, 5.41) is 2.29. The molecule has 0 aromatic carbocycles. The molecule has 1 aromatic rings. The molecule has 5 nitrogen and oxygen atoms in total. The Labute approximate surface area is 137 Å². The maximum Gasteiger partial charge on any atom is 0.253 e. The van der Waals surface area contributed by atoms with Crippen molar-refractivity contribution >= 4 is 11.8 Å². The van der Waals surface area contributed by atoms with Crippen LogP contribution in [0.4, 0.5) is 0 Å². The first-order valence-electron chi connectivity index (χ1n) is 7.66. The highest BCUT2D eigenvalue weighted by molar-refractivity contribution is 6.08. The molecule has 23 heavy (non-hydrogen) atoms. The minimum absolute atomic E-state index is 0.0139. The van der Waals surface area contributed by atoms with E-state index in [9.17, 15) is 14.4 Å². The lowest BCUT2D eigenvalue weighted by molar-refractivity contribution is -0.129. The van der Waals surface area contributed by atoms with Crippen molar-refractivity contribution in [3.8, 4) is 0 Å². The average Bonchev–Trinajstić information content (AvgIpc) is 2.36. The Morgan fingerprint density at radius 1 is 0.957 bits per heavy atom. The summed E-state index contributed by atoms with van der Waals surface area (Å²) in [7, 11) is 0. The monoisotopic (exact) mass is 318 g/mol. The molecular formula is C18H26N2O3. The summed E-state index contributed by atoms with van der Waals surface area (Å²) in [4.78, 5) is 35.9. The number of hydrogen-bond acceptors (Lipinski definition) is 3. The van der Waals surface area contributed by atoms with E-state index in [-0.39, 0.29) is 28.2 Å². The van der Waals surface area contributed by atoms with Gasteiger partial charge < -0.3 is 4.98 Å². The number of carbonyl (C=O) groups excluding carboxylic acids is 2. The number of aromatic nitrogens is 1. The number of nitrogens with one attached hydrogen (secondary N) is 2. The van der Waals surface area contributed by atoms with Crippen molar-refractivity contribution in [1.29, 1.82) is 0 Å². The molecule has 0 saturated carbocycles. The van der Waals surface area contributed by atoms with Crippen LogP contribution in [0.5, 0.6) is 0 Å². The average molecular weight is 318 g/mol. The van der Waals surface area contributed by atoms with Crippen LogP contribution in [-0.4, -0.2) is 16.8 Å². The summed E-state index contributed by atoms with van der Waals surface area (Å²) < 4.78 is 0. The second-order valence-electron chi connectivity index (χ2n) is 7.61. The second-order valence-corrected chi connectivity index (χ2v) is 7.61. The molecule has 2 rings (SSSR count). The highest BCUT2D eigenvalue weighted by Gasteiger charge is 2.27. The zero-order valence-electron chi connectivity index (χ0n) is 14.7. The van der Waals surface area contributed by atoms with E-state index in [4.69, 9.17) is 0 Å². The maximum atomic E-state index is 11.3. The van der Waals surface area contributed by atoms with Crippen LogP contribution in [0.25, 0.3) is 0 Å². The zero-order chi connectivity index (χ0) is 17.8. The van der Waals surface area contributed by atoms with Crippen LogP contribution in [-0.2, 0) is 15.0 Å².